The van der Waals surface area contributed by atoms with Crippen molar-refractivity contribution in [1.82, 2.24) is 0 Å². The molecule has 0 aromatic heterocycles. The maximum absolute atomic E-state index is 13.3. The molecule has 0 amide bonds. The van der Waals surface area contributed by atoms with Crippen LogP contribution in [0, 0.1) is 17.8 Å². The Kier molecular flexibility index (Phi) is 16.5. The van der Waals surface area contributed by atoms with Crippen molar-refractivity contribution >= 4 is 5.97 Å². The summed E-state index contributed by atoms with van der Waals surface area (Å²) in [4.78, 5) is 13.3. The van der Waals surface area contributed by atoms with Crippen molar-refractivity contribution in [3.63, 3.8) is 0 Å². The molecule has 0 aromatic rings. The summed E-state index contributed by atoms with van der Waals surface area (Å²) in [5.74, 6) is -1.73. The molecule has 340 valence electrons. The summed E-state index contributed by atoms with van der Waals surface area (Å²) in [6.45, 7) is -1.31. The van der Waals surface area contributed by atoms with E-state index in [1.165, 1.54) is 21.3 Å². The lowest BCUT2D eigenvalue weighted by atomic mass is 9.72. The van der Waals surface area contributed by atoms with Crippen LogP contribution < -0.4 is 0 Å². The van der Waals surface area contributed by atoms with E-state index >= 15 is 0 Å². The van der Waals surface area contributed by atoms with Gasteiger partial charge in [0.15, 0.2) is 30.9 Å². The predicted octanol–water partition coefficient (Wildman–Crippen LogP) is -4.12. The summed E-state index contributed by atoms with van der Waals surface area (Å²) in [6.07, 6.45) is -17.2. The largest absolute Gasteiger partial charge is 0.453 e. The van der Waals surface area contributed by atoms with Crippen LogP contribution in [0.3, 0.4) is 0 Å². The minimum Gasteiger partial charge on any atom is -0.453 e. The van der Waals surface area contributed by atoms with E-state index in [0.29, 0.717) is 38.5 Å². The summed E-state index contributed by atoms with van der Waals surface area (Å²) in [6, 6.07) is 0. The molecule has 6 aliphatic rings. The van der Waals surface area contributed by atoms with Crippen LogP contribution >= 0.6 is 0 Å². The first-order valence-corrected chi connectivity index (χ1v) is 20.7. The molecule has 11 unspecified atom stereocenters. The lowest BCUT2D eigenvalue weighted by Gasteiger charge is -2.49. The lowest BCUT2D eigenvalue weighted by Crippen LogP contribution is -2.64. The van der Waals surface area contributed by atoms with Gasteiger partial charge in [-0.05, 0) is 44.4 Å². The average molecular weight is 854 g/mol. The number of carbonyl (C=O) groups excluding carboxylic acids is 1. The number of aliphatic hydroxyl groups excluding tert-OH is 10. The predicted molar refractivity (Wildman–Crippen MR) is 198 cm³/mol. The van der Waals surface area contributed by atoms with E-state index in [2.05, 4.69) is 0 Å². The first-order chi connectivity index (χ1) is 28.2. The maximum atomic E-state index is 13.3. The number of methoxy groups -OCH3 is 3. The Bertz CT molecular complexity index is 1340. The summed E-state index contributed by atoms with van der Waals surface area (Å²) in [5, 5.41) is 107. The van der Waals surface area contributed by atoms with Crippen molar-refractivity contribution in [2.45, 2.75) is 174 Å². The van der Waals surface area contributed by atoms with Crippen LogP contribution in [0.2, 0.25) is 0 Å². The molecule has 3 aliphatic heterocycles. The maximum Gasteiger partial charge on any atom is 0.330 e. The third-order valence-electron chi connectivity index (χ3n) is 13.3. The second-order valence-electron chi connectivity index (χ2n) is 17.0. The Morgan fingerprint density at radius 3 is 2.00 bits per heavy atom. The summed E-state index contributed by atoms with van der Waals surface area (Å²) in [7, 11) is 4.44. The molecule has 6 rings (SSSR count). The Labute approximate surface area is 342 Å². The van der Waals surface area contributed by atoms with E-state index in [4.69, 9.17) is 42.6 Å². The van der Waals surface area contributed by atoms with Gasteiger partial charge in [-0.15, -0.1) is 0 Å². The van der Waals surface area contributed by atoms with Gasteiger partial charge < -0.3 is 93.7 Å². The zero-order valence-corrected chi connectivity index (χ0v) is 33.6. The second kappa shape index (κ2) is 20.8. The SMILES string of the molecule is COC1CC(C2[OH+]C3CC(O)CC(O)C3CC2O[C@@H]2O[C@H](CO[C@@H]3O[C@H](CO)[C@@H](O)[C@H](O)[C@H]3O)[C@@H](OC(=O)C=CC3CC(OC)C(O)C(OC)C3)[C@H](O)[C@H]2O)CCC1O. The number of aliphatic hydroxyl groups is 12. The highest BCUT2D eigenvalue weighted by Crippen LogP contribution is 2.43. The third-order valence-corrected chi connectivity index (χ3v) is 13.3. The van der Waals surface area contributed by atoms with Gasteiger partial charge in [-0.25, -0.2) is 4.79 Å². The fourth-order valence-electron chi connectivity index (χ4n) is 9.83. The Morgan fingerprint density at radius 2 is 1.34 bits per heavy atom. The second-order valence-corrected chi connectivity index (χ2v) is 17.0. The minimum atomic E-state index is -1.83. The Morgan fingerprint density at radius 1 is 0.678 bits per heavy atom. The van der Waals surface area contributed by atoms with Gasteiger partial charge in [-0.1, -0.05) is 6.08 Å². The molecule has 0 radical (unpaired) electrons. The lowest BCUT2D eigenvalue weighted by molar-refractivity contribution is -0.363. The number of allylic oxidation sites excluding steroid dienone is 1. The van der Waals surface area contributed by atoms with Crippen LogP contribution in [0.4, 0.5) is 0 Å². The first kappa shape index (κ1) is 47.0. The highest BCUT2D eigenvalue weighted by Gasteiger charge is 2.56. The van der Waals surface area contributed by atoms with Crippen LogP contribution in [-0.2, 0) is 42.7 Å². The van der Waals surface area contributed by atoms with Gasteiger partial charge in [0, 0.05) is 46.2 Å². The van der Waals surface area contributed by atoms with E-state index in [0.717, 1.165) is 6.08 Å². The molecule has 20 nitrogen and oxygen atoms in total. The topological polar surface area (TPSA) is 306 Å². The van der Waals surface area contributed by atoms with Crippen LogP contribution in [0.15, 0.2) is 12.2 Å². The quantitative estimate of drug-likeness (QED) is 0.0478. The summed E-state index contributed by atoms with van der Waals surface area (Å²) in [5.41, 5.74) is 0. The van der Waals surface area contributed by atoms with Gasteiger partial charge in [-0.2, -0.15) is 0 Å². The number of esters is 1. The monoisotopic (exact) mass is 853 g/mol. The number of carbonyl (C=O) groups is 1. The Balaban J connectivity index is 1.21. The number of fused-ring (bicyclic) bond motifs is 1. The van der Waals surface area contributed by atoms with Crippen molar-refractivity contribution in [3.8, 4) is 0 Å². The number of ether oxygens (including phenoxy) is 9. The van der Waals surface area contributed by atoms with Gasteiger partial charge in [0.25, 0.3) is 0 Å². The van der Waals surface area contributed by atoms with E-state index in [1.807, 2.05) is 0 Å². The Hall–Kier alpha value is -1.51. The van der Waals surface area contributed by atoms with Gasteiger partial charge in [0.05, 0.1) is 55.8 Å². The molecule has 3 heterocycles. The molecule has 0 spiro atoms. The normalized spacial score (nSPS) is 49.7. The van der Waals surface area contributed by atoms with Crippen LogP contribution in [0.1, 0.15) is 51.4 Å². The molecular weight excluding hydrogens is 788 g/mol. The summed E-state index contributed by atoms with van der Waals surface area (Å²) < 4.78 is 51.1. The van der Waals surface area contributed by atoms with Crippen molar-refractivity contribution in [3.05, 3.63) is 12.2 Å². The highest BCUT2D eigenvalue weighted by atomic mass is 16.7. The minimum absolute atomic E-state index is 0.151. The fraction of sp³-hybridized carbons (Fsp3) is 0.923. The molecule has 59 heavy (non-hydrogen) atoms. The van der Waals surface area contributed by atoms with Crippen LogP contribution in [0.5, 0.6) is 0 Å². The van der Waals surface area contributed by atoms with Crippen molar-refractivity contribution < 1.29 is 98.5 Å². The standard InChI is InChI=1S/C39H64O20/c1-51-23-10-17(5-6-20(23)42)36-26(13-19-21(43)11-18(41)12-22(19)55-36)56-39-35(50)33(48)37(28(58-39)15-54-38-34(49)32(47)31(46)27(14-40)57-38)59-29(44)7-4-16-8-24(52-2)30(45)25(9-16)53-3/h4,7,16-28,30-43,45-50H,5-6,8-15H2,1-3H3/p+1/t16?,17?,18?,19?,20?,21?,22?,23?,24?,25?,26?,27-,28-,30?,31-,32+,33-,34-,35-,36?,37-,38-,39-/m1/s1. The molecule has 11 N–H and O–H groups in total. The number of hydrogen-bond donors (Lipinski definition) is 10. The van der Waals surface area contributed by atoms with E-state index in [1.54, 1.807) is 6.08 Å². The molecule has 3 saturated heterocycles. The van der Waals surface area contributed by atoms with Crippen LogP contribution in [-0.4, -0.2) is 219 Å². The van der Waals surface area contributed by atoms with E-state index in [9.17, 15) is 55.9 Å². The van der Waals surface area contributed by atoms with Gasteiger partial charge >= 0.3 is 5.97 Å². The zero-order valence-electron chi connectivity index (χ0n) is 33.6. The molecule has 21 atom stereocenters. The van der Waals surface area contributed by atoms with Gasteiger partial charge in [-0.3, -0.25) is 0 Å². The number of hydrogen-bond acceptors (Lipinski definition) is 19. The van der Waals surface area contributed by atoms with Crippen molar-refractivity contribution in [2.75, 3.05) is 34.5 Å². The molecular formula is C39H65O20+. The highest BCUT2D eigenvalue weighted by molar-refractivity contribution is 5.82. The smallest absolute Gasteiger partial charge is 0.330 e. The van der Waals surface area contributed by atoms with Crippen molar-refractivity contribution in [1.29, 1.82) is 0 Å². The molecule has 0 aromatic carbocycles. The molecule has 0 bridgehead atoms. The van der Waals surface area contributed by atoms with Gasteiger partial charge in [0.2, 0.25) is 0 Å². The average Bonchev–Trinajstić information content (AvgIpc) is 3.22. The van der Waals surface area contributed by atoms with Crippen molar-refractivity contribution in [2.24, 2.45) is 17.8 Å². The first-order valence-electron chi connectivity index (χ1n) is 20.7. The van der Waals surface area contributed by atoms with E-state index < -0.39 is 141 Å². The molecule has 3 aliphatic carbocycles. The van der Waals surface area contributed by atoms with E-state index in [-0.39, 0.29) is 30.8 Å². The van der Waals surface area contributed by atoms with Gasteiger partial charge in [0.1, 0.15) is 54.9 Å². The summed E-state index contributed by atoms with van der Waals surface area (Å²) >= 11 is 0. The fourth-order valence-corrected chi connectivity index (χ4v) is 9.83. The molecule has 3 saturated carbocycles. The van der Waals surface area contributed by atoms with Crippen LogP contribution in [0.25, 0.3) is 0 Å². The molecule has 20 heteroatoms. The zero-order chi connectivity index (χ0) is 42.7. The molecule has 6 fully saturated rings. The number of rotatable bonds is 13. The third kappa shape index (κ3) is 10.7.